The van der Waals surface area contributed by atoms with E-state index in [4.69, 9.17) is 4.74 Å². The van der Waals surface area contributed by atoms with Gasteiger partial charge in [0.05, 0.1) is 11.0 Å². The normalized spacial score (nSPS) is 17.8. The van der Waals surface area contributed by atoms with Crippen molar-refractivity contribution in [3.63, 3.8) is 0 Å². The summed E-state index contributed by atoms with van der Waals surface area (Å²) in [6.45, 7) is 7.51. The SMILES string of the molecule is CCc1ccc(S(=O)(=O)N2CCC(OC)CC2)cc1CC(C)C. The molecular weight excluding hydrogens is 310 g/mol. The Hall–Kier alpha value is -0.910. The van der Waals surface area contributed by atoms with Crippen molar-refractivity contribution < 1.29 is 13.2 Å². The molecule has 2 rings (SSSR count). The molecule has 1 fully saturated rings. The number of methoxy groups -OCH3 is 1. The average molecular weight is 340 g/mol. The molecule has 0 amide bonds. The second-order valence-electron chi connectivity index (χ2n) is 6.72. The zero-order valence-electron chi connectivity index (χ0n) is 14.7. The number of rotatable bonds is 6. The highest BCUT2D eigenvalue weighted by Crippen LogP contribution is 2.25. The summed E-state index contributed by atoms with van der Waals surface area (Å²) < 4.78 is 32.7. The van der Waals surface area contributed by atoms with Gasteiger partial charge in [0.1, 0.15) is 0 Å². The van der Waals surface area contributed by atoms with Gasteiger partial charge < -0.3 is 4.74 Å². The molecule has 23 heavy (non-hydrogen) atoms. The fraction of sp³-hybridized carbons (Fsp3) is 0.667. The van der Waals surface area contributed by atoms with Crippen LogP contribution in [0.1, 0.15) is 44.7 Å². The molecule has 5 heteroatoms. The largest absolute Gasteiger partial charge is 0.381 e. The molecule has 0 bridgehead atoms. The summed E-state index contributed by atoms with van der Waals surface area (Å²) in [6.07, 6.45) is 3.56. The molecule has 0 aromatic heterocycles. The van der Waals surface area contributed by atoms with Crippen LogP contribution in [0.5, 0.6) is 0 Å². The van der Waals surface area contributed by atoms with Crippen LogP contribution in [0.3, 0.4) is 0 Å². The third-order valence-corrected chi connectivity index (χ3v) is 6.45. The van der Waals surface area contributed by atoms with Gasteiger partial charge >= 0.3 is 0 Å². The Bertz CT molecular complexity index is 617. The number of nitrogens with zero attached hydrogens (tertiary/aromatic N) is 1. The van der Waals surface area contributed by atoms with Crippen molar-refractivity contribution in [2.45, 2.75) is 57.5 Å². The Morgan fingerprint density at radius 2 is 1.87 bits per heavy atom. The second kappa shape index (κ2) is 7.77. The Labute approximate surface area is 140 Å². The van der Waals surface area contributed by atoms with Crippen molar-refractivity contribution in [2.75, 3.05) is 20.2 Å². The first-order valence-corrected chi connectivity index (χ1v) is 9.97. The third-order valence-electron chi connectivity index (χ3n) is 4.56. The van der Waals surface area contributed by atoms with Crippen LogP contribution < -0.4 is 0 Å². The van der Waals surface area contributed by atoms with E-state index in [0.717, 1.165) is 31.2 Å². The predicted molar refractivity (Wildman–Crippen MR) is 93.2 cm³/mol. The first-order chi connectivity index (χ1) is 10.9. The minimum atomic E-state index is -3.40. The molecular formula is C18H29NO3S. The molecule has 0 radical (unpaired) electrons. The van der Waals surface area contributed by atoms with Gasteiger partial charge in [-0.25, -0.2) is 8.42 Å². The topological polar surface area (TPSA) is 46.6 Å². The van der Waals surface area contributed by atoms with Crippen molar-refractivity contribution >= 4 is 10.0 Å². The van der Waals surface area contributed by atoms with Crippen LogP contribution in [-0.4, -0.2) is 39.0 Å². The van der Waals surface area contributed by atoms with Crippen LogP contribution in [0.25, 0.3) is 0 Å². The van der Waals surface area contributed by atoms with E-state index in [0.29, 0.717) is 23.9 Å². The van der Waals surface area contributed by atoms with Crippen molar-refractivity contribution in [3.8, 4) is 0 Å². The molecule has 0 unspecified atom stereocenters. The number of sulfonamides is 1. The number of aryl methyl sites for hydroxylation is 1. The highest BCUT2D eigenvalue weighted by molar-refractivity contribution is 7.89. The van der Waals surface area contributed by atoms with E-state index in [2.05, 4.69) is 20.8 Å². The Kier molecular flexibility index (Phi) is 6.23. The first kappa shape index (κ1) is 18.4. The van der Waals surface area contributed by atoms with Gasteiger partial charge in [-0.3, -0.25) is 0 Å². The summed E-state index contributed by atoms with van der Waals surface area (Å²) in [7, 11) is -1.71. The van der Waals surface area contributed by atoms with Crippen molar-refractivity contribution in [3.05, 3.63) is 29.3 Å². The molecule has 1 heterocycles. The highest BCUT2D eigenvalue weighted by Gasteiger charge is 2.29. The van der Waals surface area contributed by atoms with Gasteiger partial charge in [-0.2, -0.15) is 4.31 Å². The molecule has 4 nitrogen and oxygen atoms in total. The Morgan fingerprint density at radius 3 is 2.39 bits per heavy atom. The van der Waals surface area contributed by atoms with Crippen molar-refractivity contribution in [1.29, 1.82) is 0 Å². The summed E-state index contributed by atoms with van der Waals surface area (Å²) in [5.74, 6) is 0.510. The lowest BCUT2D eigenvalue weighted by molar-refractivity contribution is 0.0604. The maximum absolute atomic E-state index is 12.9. The number of piperidine rings is 1. The maximum Gasteiger partial charge on any atom is 0.243 e. The van der Waals surface area contributed by atoms with Gasteiger partial charge in [-0.1, -0.05) is 26.8 Å². The molecule has 1 aromatic carbocycles. The third kappa shape index (κ3) is 4.34. The van der Waals surface area contributed by atoms with E-state index in [9.17, 15) is 8.42 Å². The monoisotopic (exact) mass is 339 g/mol. The van der Waals surface area contributed by atoms with E-state index >= 15 is 0 Å². The number of benzene rings is 1. The summed E-state index contributed by atoms with van der Waals surface area (Å²) in [5.41, 5.74) is 2.41. The minimum Gasteiger partial charge on any atom is -0.381 e. The van der Waals surface area contributed by atoms with Crippen molar-refractivity contribution in [1.82, 2.24) is 4.31 Å². The molecule has 0 atom stereocenters. The van der Waals surface area contributed by atoms with Crippen LogP contribution in [0, 0.1) is 5.92 Å². The smallest absolute Gasteiger partial charge is 0.243 e. The quantitative estimate of drug-likeness (QED) is 0.799. The van der Waals surface area contributed by atoms with Crippen LogP contribution in [0.15, 0.2) is 23.1 Å². The summed E-state index contributed by atoms with van der Waals surface area (Å²) >= 11 is 0. The van der Waals surface area contributed by atoms with Crippen LogP contribution >= 0.6 is 0 Å². The van der Waals surface area contributed by atoms with E-state index in [1.165, 1.54) is 5.56 Å². The second-order valence-corrected chi connectivity index (χ2v) is 8.66. The Balaban J connectivity index is 2.26. The van der Waals surface area contributed by atoms with Gasteiger partial charge in [0.25, 0.3) is 0 Å². The van der Waals surface area contributed by atoms with E-state index in [1.807, 2.05) is 12.1 Å². The lowest BCUT2D eigenvalue weighted by Gasteiger charge is -2.30. The van der Waals surface area contributed by atoms with Crippen LogP contribution in [-0.2, 0) is 27.6 Å². The lowest BCUT2D eigenvalue weighted by Crippen LogP contribution is -2.40. The first-order valence-electron chi connectivity index (χ1n) is 8.53. The molecule has 0 N–H and O–H groups in total. The summed E-state index contributed by atoms with van der Waals surface area (Å²) in [5, 5.41) is 0. The fourth-order valence-corrected chi connectivity index (χ4v) is 4.72. The maximum atomic E-state index is 12.9. The minimum absolute atomic E-state index is 0.181. The fourth-order valence-electron chi connectivity index (χ4n) is 3.19. The standard InChI is InChI=1S/C18H29NO3S/c1-5-15-6-7-18(13-16(15)12-14(2)3)23(20,21)19-10-8-17(22-4)9-11-19/h6-7,13-14,17H,5,8-12H2,1-4H3. The number of hydrogen-bond acceptors (Lipinski definition) is 3. The zero-order chi connectivity index (χ0) is 17.0. The van der Waals surface area contributed by atoms with Gasteiger partial charge in [-0.05, 0) is 54.9 Å². The molecule has 1 saturated heterocycles. The van der Waals surface area contributed by atoms with Crippen LogP contribution in [0.4, 0.5) is 0 Å². The lowest BCUT2D eigenvalue weighted by atomic mass is 9.97. The summed E-state index contributed by atoms with van der Waals surface area (Å²) in [4.78, 5) is 0.432. The Morgan fingerprint density at radius 1 is 1.22 bits per heavy atom. The zero-order valence-corrected chi connectivity index (χ0v) is 15.5. The average Bonchev–Trinajstić information content (AvgIpc) is 2.54. The van der Waals surface area contributed by atoms with Gasteiger partial charge in [0.15, 0.2) is 0 Å². The highest BCUT2D eigenvalue weighted by atomic mass is 32.2. The van der Waals surface area contributed by atoms with E-state index in [-0.39, 0.29) is 6.10 Å². The summed E-state index contributed by atoms with van der Waals surface area (Å²) in [6, 6.07) is 5.63. The van der Waals surface area contributed by atoms with Crippen molar-refractivity contribution in [2.24, 2.45) is 5.92 Å². The molecule has 1 aliphatic heterocycles. The predicted octanol–water partition coefficient (Wildman–Crippen LogP) is 3.25. The van der Waals surface area contributed by atoms with Crippen LogP contribution in [0.2, 0.25) is 0 Å². The molecule has 1 aliphatic rings. The van der Waals surface area contributed by atoms with Gasteiger partial charge in [-0.15, -0.1) is 0 Å². The van der Waals surface area contributed by atoms with E-state index in [1.54, 1.807) is 17.5 Å². The van der Waals surface area contributed by atoms with Gasteiger partial charge in [0.2, 0.25) is 10.0 Å². The molecule has 0 spiro atoms. The number of hydrogen-bond donors (Lipinski definition) is 0. The molecule has 0 aliphatic carbocycles. The van der Waals surface area contributed by atoms with E-state index < -0.39 is 10.0 Å². The molecule has 0 saturated carbocycles. The molecule has 130 valence electrons. The van der Waals surface area contributed by atoms with Gasteiger partial charge in [0, 0.05) is 20.2 Å². The molecule has 1 aromatic rings. The number of ether oxygens (including phenoxy) is 1.